The SMILES string of the molecule is CC(C)(C)OC(=O)N1C(C)(C)OC[C@]1(CO)CCc1ccc(O)cc1. The van der Waals surface area contributed by atoms with Crippen LogP contribution in [0.15, 0.2) is 24.3 Å². The van der Waals surface area contributed by atoms with Crippen LogP contribution >= 0.6 is 0 Å². The van der Waals surface area contributed by atoms with E-state index >= 15 is 0 Å². The van der Waals surface area contributed by atoms with Gasteiger partial charge in [0.2, 0.25) is 0 Å². The number of carbonyl (C=O) groups is 1. The number of aliphatic hydroxyl groups excluding tert-OH is 1. The number of ether oxygens (including phenoxy) is 2. The molecule has 140 valence electrons. The summed E-state index contributed by atoms with van der Waals surface area (Å²) in [6.45, 7) is 9.06. The van der Waals surface area contributed by atoms with Crippen molar-refractivity contribution in [3.8, 4) is 5.75 Å². The lowest BCUT2D eigenvalue weighted by Gasteiger charge is -2.41. The maximum absolute atomic E-state index is 12.8. The van der Waals surface area contributed by atoms with Crippen LogP contribution in [-0.2, 0) is 15.9 Å². The normalized spacial score (nSPS) is 22.9. The molecule has 1 aromatic rings. The Bertz CT molecular complexity index is 605. The molecule has 0 unspecified atom stereocenters. The molecule has 0 aromatic heterocycles. The average Bonchev–Trinajstić information content (AvgIpc) is 2.77. The van der Waals surface area contributed by atoms with E-state index in [-0.39, 0.29) is 19.0 Å². The van der Waals surface area contributed by atoms with Gasteiger partial charge in [0.15, 0.2) is 0 Å². The number of amides is 1. The Morgan fingerprint density at radius 3 is 2.40 bits per heavy atom. The van der Waals surface area contributed by atoms with E-state index in [0.29, 0.717) is 12.8 Å². The summed E-state index contributed by atoms with van der Waals surface area (Å²) < 4.78 is 11.4. The third kappa shape index (κ3) is 4.44. The number of rotatable bonds is 4. The fraction of sp³-hybridized carbons (Fsp3) is 0.632. The number of phenols is 1. The van der Waals surface area contributed by atoms with Crippen LogP contribution in [0, 0.1) is 0 Å². The molecule has 2 N–H and O–H groups in total. The zero-order valence-electron chi connectivity index (χ0n) is 15.7. The van der Waals surface area contributed by atoms with Gasteiger partial charge in [-0.1, -0.05) is 12.1 Å². The van der Waals surface area contributed by atoms with E-state index < -0.39 is 23.0 Å². The van der Waals surface area contributed by atoms with Gasteiger partial charge in [-0.2, -0.15) is 0 Å². The average molecular weight is 351 g/mol. The molecular formula is C19H29NO5. The first-order valence-electron chi connectivity index (χ1n) is 8.55. The Kier molecular flexibility index (Phi) is 5.35. The topological polar surface area (TPSA) is 79.2 Å². The second-order valence-electron chi connectivity index (χ2n) is 8.10. The smallest absolute Gasteiger partial charge is 0.413 e. The van der Waals surface area contributed by atoms with E-state index in [4.69, 9.17) is 9.47 Å². The highest BCUT2D eigenvalue weighted by atomic mass is 16.6. The summed E-state index contributed by atoms with van der Waals surface area (Å²) >= 11 is 0. The number of hydrogen-bond donors (Lipinski definition) is 2. The van der Waals surface area contributed by atoms with Gasteiger partial charge in [0.1, 0.15) is 17.1 Å². The van der Waals surface area contributed by atoms with Crippen LogP contribution in [0.25, 0.3) is 0 Å². The van der Waals surface area contributed by atoms with E-state index in [1.807, 2.05) is 32.9 Å². The lowest BCUT2D eigenvalue weighted by atomic mass is 9.91. The van der Waals surface area contributed by atoms with Gasteiger partial charge in [0.05, 0.1) is 18.8 Å². The molecule has 1 fully saturated rings. The van der Waals surface area contributed by atoms with Gasteiger partial charge in [0.25, 0.3) is 0 Å². The Hall–Kier alpha value is -1.79. The van der Waals surface area contributed by atoms with Crippen LogP contribution in [0.5, 0.6) is 5.75 Å². The first-order chi connectivity index (χ1) is 11.5. The summed E-state index contributed by atoms with van der Waals surface area (Å²) in [6.07, 6.45) is 0.672. The highest BCUT2D eigenvalue weighted by Gasteiger charge is 2.54. The summed E-state index contributed by atoms with van der Waals surface area (Å²) in [6, 6.07) is 6.92. The minimum Gasteiger partial charge on any atom is -0.508 e. The molecule has 1 saturated heterocycles. The number of aryl methyl sites for hydroxylation is 1. The number of phenolic OH excluding ortho intramolecular Hbond substituents is 1. The molecule has 1 heterocycles. The van der Waals surface area contributed by atoms with Crippen molar-refractivity contribution in [3.63, 3.8) is 0 Å². The Morgan fingerprint density at radius 1 is 1.28 bits per heavy atom. The van der Waals surface area contributed by atoms with E-state index in [1.54, 1.807) is 26.0 Å². The van der Waals surface area contributed by atoms with Crippen molar-refractivity contribution in [1.29, 1.82) is 0 Å². The third-order valence-corrected chi connectivity index (χ3v) is 4.39. The molecule has 1 amide bonds. The fourth-order valence-corrected chi connectivity index (χ4v) is 3.15. The number of aliphatic hydroxyl groups is 1. The van der Waals surface area contributed by atoms with Crippen LogP contribution < -0.4 is 0 Å². The Labute approximate surface area is 149 Å². The fourth-order valence-electron chi connectivity index (χ4n) is 3.15. The lowest BCUT2D eigenvalue weighted by Crippen LogP contribution is -2.58. The van der Waals surface area contributed by atoms with Crippen LogP contribution in [0.3, 0.4) is 0 Å². The monoisotopic (exact) mass is 351 g/mol. The van der Waals surface area contributed by atoms with E-state index in [9.17, 15) is 15.0 Å². The Morgan fingerprint density at radius 2 is 1.88 bits per heavy atom. The predicted octanol–water partition coefficient (Wildman–Crippen LogP) is 3.06. The molecule has 0 radical (unpaired) electrons. The van der Waals surface area contributed by atoms with E-state index in [0.717, 1.165) is 5.56 Å². The summed E-state index contributed by atoms with van der Waals surface area (Å²) in [5.74, 6) is 0.210. The number of nitrogens with zero attached hydrogens (tertiary/aromatic N) is 1. The van der Waals surface area contributed by atoms with Gasteiger partial charge in [0, 0.05) is 0 Å². The van der Waals surface area contributed by atoms with Crippen molar-refractivity contribution in [2.75, 3.05) is 13.2 Å². The zero-order chi connectivity index (χ0) is 18.9. The van der Waals surface area contributed by atoms with Crippen LogP contribution in [0.2, 0.25) is 0 Å². The van der Waals surface area contributed by atoms with Crippen LogP contribution in [0.4, 0.5) is 4.79 Å². The van der Waals surface area contributed by atoms with Crippen molar-refractivity contribution in [1.82, 2.24) is 4.90 Å². The third-order valence-electron chi connectivity index (χ3n) is 4.39. The van der Waals surface area contributed by atoms with Crippen LogP contribution in [-0.4, -0.2) is 51.3 Å². The molecule has 1 aliphatic heterocycles. The van der Waals surface area contributed by atoms with Crippen molar-refractivity contribution in [2.45, 2.75) is 64.3 Å². The van der Waals surface area contributed by atoms with E-state index in [1.165, 1.54) is 4.90 Å². The molecule has 0 spiro atoms. The number of benzene rings is 1. The molecule has 0 aliphatic carbocycles. The molecule has 2 rings (SSSR count). The number of carbonyl (C=O) groups excluding carboxylic acids is 1. The van der Waals surface area contributed by atoms with Gasteiger partial charge in [-0.3, -0.25) is 4.90 Å². The molecule has 1 aromatic carbocycles. The molecule has 1 atom stereocenters. The van der Waals surface area contributed by atoms with Gasteiger partial charge in [-0.05, 0) is 65.2 Å². The van der Waals surface area contributed by atoms with Crippen LogP contribution in [0.1, 0.15) is 46.6 Å². The second-order valence-corrected chi connectivity index (χ2v) is 8.10. The molecular weight excluding hydrogens is 322 g/mol. The quantitative estimate of drug-likeness (QED) is 0.871. The Balaban J connectivity index is 2.22. The summed E-state index contributed by atoms with van der Waals surface area (Å²) in [7, 11) is 0. The standard InChI is InChI=1S/C19H29NO5/c1-17(2,3)25-16(23)20-18(4,5)24-13-19(20,12-21)11-10-14-6-8-15(22)9-7-14/h6-9,21-22H,10-13H2,1-5H3/t19-/m1/s1. The lowest BCUT2D eigenvalue weighted by molar-refractivity contribution is -0.0740. The van der Waals surface area contributed by atoms with Crippen molar-refractivity contribution in [3.05, 3.63) is 29.8 Å². The molecule has 6 nitrogen and oxygen atoms in total. The number of hydrogen-bond acceptors (Lipinski definition) is 5. The van der Waals surface area contributed by atoms with Crippen molar-refractivity contribution >= 4 is 6.09 Å². The molecule has 0 saturated carbocycles. The summed E-state index contributed by atoms with van der Waals surface area (Å²) in [4.78, 5) is 14.3. The first kappa shape index (κ1) is 19.5. The predicted molar refractivity (Wildman–Crippen MR) is 94.3 cm³/mol. The highest BCUT2D eigenvalue weighted by Crippen LogP contribution is 2.39. The zero-order valence-corrected chi connectivity index (χ0v) is 15.7. The minimum absolute atomic E-state index is 0.210. The maximum atomic E-state index is 12.8. The first-order valence-corrected chi connectivity index (χ1v) is 8.55. The van der Waals surface area contributed by atoms with E-state index in [2.05, 4.69) is 0 Å². The van der Waals surface area contributed by atoms with Gasteiger partial charge >= 0.3 is 6.09 Å². The maximum Gasteiger partial charge on any atom is 0.413 e. The largest absolute Gasteiger partial charge is 0.508 e. The molecule has 0 bridgehead atoms. The minimum atomic E-state index is -0.861. The van der Waals surface area contributed by atoms with Crippen molar-refractivity contribution in [2.24, 2.45) is 0 Å². The summed E-state index contributed by atoms with van der Waals surface area (Å²) in [5, 5.41) is 19.5. The summed E-state index contributed by atoms with van der Waals surface area (Å²) in [5.41, 5.74) is -1.32. The van der Waals surface area contributed by atoms with Crippen molar-refractivity contribution < 1.29 is 24.5 Å². The number of aromatic hydroxyl groups is 1. The molecule has 1 aliphatic rings. The van der Waals surface area contributed by atoms with Gasteiger partial charge in [-0.15, -0.1) is 0 Å². The van der Waals surface area contributed by atoms with Gasteiger partial charge in [-0.25, -0.2) is 4.79 Å². The second kappa shape index (κ2) is 6.84. The highest BCUT2D eigenvalue weighted by molar-refractivity contribution is 5.70. The molecule has 6 heteroatoms. The molecule has 25 heavy (non-hydrogen) atoms. The van der Waals surface area contributed by atoms with Gasteiger partial charge < -0.3 is 19.7 Å².